The minimum absolute atomic E-state index is 0.0731. The molecule has 0 fully saturated rings. The summed E-state index contributed by atoms with van der Waals surface area (Å²) in [5, 5.41) is 5.72. The van der Waals surface area contributed by atoms with Gasteiger partial charge in [-0.15, -0.1) is 0 Å². The zero-order chi connectivity index (χ0) is 16.8. The van der Waals surface area contributed by atoms with Gasteiger partial charge < -0.3 is 14.1 Å². The van der Waals surface area contributed by atoms with E-state index in [1.807, 2.05) is 6.07 Å². The molecular weight excluding hydrogens is 312 g/mol. The Hall–Kier alpha value is -2.75. The fourth-order valence-corrected chi connectivity index (χ4v) is 4.08. The van der Waals surface area contributed by atoms with Crippen LogP contribution in [0.3, 0.4) is 0 Å². The fourth-order valence-electron chi connectivity index (χ4n) is 4.08. The number of fused-ring (bicyclic) bond motifs is 3. The Labute approximate surface area is 146 Å². The maximum absolute atomic E-state index is 6.09. The van der Waals surface area contributed by atoms with Gasteiger partial charge in [0, 0.05) is 29.2 Å². The lowest BCUT2D eigenvalue weighted by Crippen LogP contribution is -2.23. The molecule has 0 spiro atoms. The van der Waals surface area contributed by atoms with Crippen LogP contribution in [0.25, 0.3) is 10.9 Å². The minimum Gasteiger partial charge on any atom is -0.492 e. The Morgan fingerprint density at radius 3 is 2.80 bits per heavy atom. The Morgan fingerprint density at radius 2 is 1.88 bits per heavy atom. The van der Waals surface area contributed by atoms with E-state index in [4.69, 9.17) is 9.57 Å². The third kappa shape index (κ3) is 2.17. The predicted molar refractivity (Wildman–Crippen MR) is 98.3 cm³/mol. The first-order valence-electron chi connectivity index (χ1n) is 8.86. The van der Waals surface area contributed by atoms with Crippen molar-refractivity contribution in [2.75, 3.05) is 13.2 Å². The monoisotopic (exact) mass is 332 g/mol. The fraction of sp³-hybridized carbons (Fsp3) is 0.286. The molecule has 0 bridgehead atoms. The molecule has 1 aromatic heterocycles. The lowest BCUT2D eigenvalue weighted by atomic mass is 9.82. The van der Waals surface area contributed by atoms with Crippen LogP contribution in [-0.4, -0.2) is 23.5 Å². The van der Waals surface area contributed by atoms with Gasteiger partial charge in [0.1, 0.15) is 12.4 Å². The molecule has 0 amide bonds. The number of hydrogen-bond acceptors (Lipinski definition) is 3. The number of oxime groups is 1. The molecule has 25 heavy (non-hydrogen) atoms. The van der Waals surface area contributed by atoms with E-state index in [0.717, 1.165) is 18.0 Å². The van der Waals surface area contributed by atoms with Crippen molar-refractivity contribution in [1.82, 2.24) is 4.57 Å². The molecule has 2 atom stereocenters. The summed E-state index contributed by atoms with van der Waals surface area (Å²) in [4.78, 5) is 5.46. The topological polar surface area (TPSA) is 35.8 Å². The lowest BCUT2D eigenvalue weighted by molar-refractivity contribution is 0.137. The molecule has 2 aromatic carbocycles. The van der Waals surface area contributed by atoms with Crippen molar-refractivity contribution in [3.05, 3.63) is 65.9 Å². The largest absolute Gasteiger partial charge is 0.492 e. The highest BCUT2D eigenvalue weighted by Gasteiger charge is 2.38. The Bertz CT molecular complexity index is 973. The van der Waals surface area contributed by atoms with Crippen LogP contribution in [0.4, 0.5) is 0 Å². The normalized spacial score (nSPS) is 21.7. The van der Waals surface area contributed by atoms with Gasteiger partial charge in [0.05, 0.1) is 24.2 Å². The Kier molecular flexibility index (Phi) is 3.30. The standard InChI is InChI=1S/C21H20N2O2/c1-2-23-11-17(15-7-3-5-9-18(15)23)20-16-8-4-6-10-19(16)24-12-14-13-25-22-21(14)20/h3-11,14,20H,2,12-13H2,1H3/t14-,20-/m1/s1. The number of rotatable bonds is 2. The van der Waals surface area contributed by atoms with Crippen LogP contribution >= 0.6 is 0 Å². The van der Waals surface area contributed by atoms with Gasteiger partial charge in [0.25, 0.3) is 0 Å². The van der Waals surface area contributed by atoms with Crippen LogP contribution in [0.15, 0.2) is 59.9 Å². The second-order valence-corrected chi connectivity index (χ2v) is 6.68. The molecule has 4 heteroatoms. The molecular formula is C21H20N2O2. The summed E-state index contributed by atoms with van der Waals surface area (Å²) in [6, 6.07) is 16.9. The van der Waals surface area contributed by atoms with E-state index >= 15 is 0 Å². The van der Waals surface area contributed by atoms with E-state index in [2.05, 4.69) is 65.3 Å². The molecule has 3 aromatic rings. The third-order valence-corrected chi connectivity index (χ3v) is 5.30. The average Bonchev–Trinajstić information content (AvgIpc) is 3.23. The van der Waals surface area contributed by atoms with Crippen LogP contribution in [0.5, 0.6) is 5.75 Å². The third-order valence-electron chi connectivity index (χ3n) is 5.30. The van der Waals surface area contributed by atoms with Gasteiger partial charge in [0.15, 0.2) is 0 Å². The summed E-state index contributed by atoms with van der Waals surface area (Å²) in [5.41, 5.74) is 4.81. The Balaban J connectivity index is 1.79. The summed E-state index contributed by atoms with van der Waals surface area (Å²) in [6.07, 6.45) is 2.27. The highest BCUT2D eigenvalue weighted by atomic mass is 16.6. The van der Waals surface area contributed by atoms with Crippen LogP contribution in [0.2, 0.25) is 0 Å². The van der Waals surface area contributed by atoms with Gasteiger partial charge in [-0.05, 0) is 24.6 Å². The van der Waals surface area contributed by atoms with E-state index in [1.54, 1.807) is 0 Å². The van der Waals surface area contributed by atoms with Crippen molar-refractivity contribution < 1.29 is 9.57 Å². The SMILES string of the molecule is CCn1cc([C@@H]2C3=NOC[C@H]3COc3ccccc32)c2ccccc21. The molecule has 0 saturated heterocycles. The summed E-state index contributed by atoms with van der Waals surface area (Å²) in [7, 11) is 0. The first kappa shape index (κ1) is 14.6. The minimum atomic E-state index is 0.0731. The molecule has 126 valence electrons. The number of para-hydroxylation sites is 2. The molecule has 0 radical (unpaired) electrons. The van der Waals surface area contributed by atoms with Crippen molar-refractivity contribution in [3.8, 4) is 5.75 Å². The van der Waals surface area contributed by atoms with Gasteiger partial charge >= 0.3 is 0 Å². The molecule has 4 nitrogen and oxygen atoms in total. The second kappa shape index (κ2) is 5.66. The van der Waals surface area contributed by atoms with E-state index < -0.39 is 0 Å². The van der Waals surface area contributed by atoms with Gasteiger partial charge in [-0.3, -0.25) is 0 Å². The first-order chi connectivity index (χ1) is 12.4. The van der Waals surface area contributed by atoms with E-state index in [1.165, 1.54) is 22.0 Å². The number of nitrogens with zero attached hydrogens (tertiary/aromatic N) is 2. The van der Waals surface area contributed by atoms with Gasteiger partial charge in [-0.1, -0.05) is 41.6 Å². The second-order valence-electron chi connectivity index (χ2n) is 6.68. The van der Waals surface area contributed by atoms with Crippen molar-refractivity contribution in [3.63, 3.8) is 0 Å². The number of benzene rings is 2. The van der Waals surface area contributed by atoms with Crippen LogP contribution in [0, 0.1) is 5.92 Å². The number of aryl methyl sites for hydroxylation is 1. The molecule has 5 rings (SSSR count). The molecule has 3 heterocycles. The van der Waals surface area contributed by atoms with Gasteiger partial charge in [-0.25, -0.2) is 0 Å². The molecule has 0 aliphatic carbocycles. The van der Waals surface area contributed by atoms with Crippen molar-refractivity contribution in [2.24, 2.45) is 11.1 Å². The highest BCUT2D eigenvalue weighted by Crippen LogP contribution is 2.42. The summed E-state index contributed by atoms with van der Waals surface area (Å²) < 4.78 is 8.40. The summed E-state index contributed by atoms with van der Waals surface area (Å²) in [5.74, 6) is 1.24. The summed E-state index contributed by atoms with van der Waals surface area (Å²) in [6.45, 7) is 4.35. The lowest BCUT2D eigenvalue weighted by Gasteiger charge is -2.17. The maximum atomic E-state index is 6.09. The van der Waals surface area contributed by atoms with Crippen molar-refractivity contribution in [2.45, 2.75) is 19.4 Å². The van der Waals surface area contributed by atoms with E-state index in [-0.39, 0.29) is 11.8 Å². The van der Waals surface area contributed by atoms with Crippen LogP contribution in [0.1, 0.15) is 24.0 Å². The predicted octanol–water partition coefficient (Wildman–Crippen LogP) is 4.19. The molecule has 0 N–H and O–H groups in total. The van der Waals surface area contributed by atoms with Gasteiger partial charge in [0.2, 0.25) is 0 Å². The molecule has 2 aliphatic heterocycles. The van der Waals surface area contributed by atoms with E-state index in [0.29, 0.717) is 13.2 Å². The smallest absolute Gasteiger partial charge is 0.128 e. The summed E-state index contributed by atoms with van der Waals surface area (Å²) >= 11 is 0. The van der Waals surface area contributed by atoms with Crippen molar-refractivity contribution in [1.29, 1.82) is 0 Å². The molecule has 2 aliphatic rings. The van der Waals surface area contributed by atoms with Crippen LogP contribution in [-0.2, 0) is 11.4 Å². The Morgan fingerprint density at radius 1 is 1.04 bits per heavy atom. The van der Waals surface area contributed by atoms with Crippen molar-refractivity contribution >= 4 is 16.6 Å². The first-order valence-corrected chi connectivity index (χ1v) is 8.86. The molecule has 0 unspecified atom stereocenters. The van der Waals surface area contributed by atoms with Crippen LogP contribution < -0.4 is 4.74 Å². The molecule has 0 saturated carbocycles. The zero-order valence-corrected chi connectivity index (χ0v) is 14.2. The number of aromatic nitrogens is 1. The van der Waals surface area contributed by atoms with Gasteiger partial charge in [-0.2, -0.15) is 0 Å². The zero-order valence-electron chi connectivity index (χ0n) is 14.2. The quantitative estimate of drug-likeness (QED) is 0.705. The number of ether oxygens (including phenoxy) is 1. The van der Waals surface area contributed by atoms with E-state index in [9.17, 15) is 0 Å². The maximum Gasteiger partial charge on any atom is 0.128 e. The highest BCUT2D eigenvalue weighted by molar-refractivity contribution is 6.01. The average molecular weight is 332 g/mol. The number of hydrogen-bond donors (Lipinski definition) is 0.